The number of carbonyl (C=O) groups is 2. The summed E-state index contributed by atoms with van der Waals surface area (Å²) in [6, 6.07) is 8.51. The summed E-state index contributed by atoms with van der Waals surface area (Å²) in [6.07, 6.45) is 2.13. The van der Waals surface area contributed by atoms with Gasteiger partial charge >= 0.3 is 0 Å². The van der Waals surface area contributed by atoms with Crippen LogP contribution in [0.5, 0.6) is 0 Å². The summed E-state index contributed by atoms with van der Waals surface area (Å²) in [5.74, 6) is 0.444. The number of nitrogens with two attached hydrogens (primary N) is 2. The average Bonchev–Trinajstić information content (AvgIpc) is 2.55. The molecule has 4 N–H and O–H groups in total. The highest BCUT2D eigenvalue weighted by molar-refractivity contribution is 7.99. The van der Waals surface area contributed by atoms with Gasteiger partial charge in [-0.2, -0.15) is 0 Å². The highest BCUT2D eigenvalue weighted by Gasteiger charge is 2.33. The SMILES string of the molecule is CCCCSc1cc(N)c2c(c1N)C(=O)c1ccccc1C2=O. The van der Waals surface area contributed by atoms with Gasteiger partial charge in [-0.05, 0) is 18.2 Å². The van der Waals surface area contributed by atoms with Crippen molar-refractivity contribution in [3.63, 3.8) is 0 Å². The summed E-state index contributed by atoms with van der Waals surface area (Å²) in [5.41, 5.74) is 14.3. The van der Waals surface area contributed by atoms with Crippen LogP contribution in [0.4, 0.5) is 11.4 Å². The van der Waals surface area contributed by atoms with Gasteiger partial charge in [0.15, 0.2) is 11.6 Å². The van der Waals surface area contributed by atoms with Crippen molar-refractivity contribution >= 4 is 34.7 Å². The normalized spacial score (nSPS) is 12.9. The molecule has 3 rings (SSSR count). The Bertz CT molecular complexity index is 815. The van der Waals surface area contributed by atoms with E-state index in [4.69, 9.17) is 11.5 Å². The lowest BCUT2D eigenvalue weighted by atomic mass is 9.82. The van der Waals surface area contributed by atoms with Crippen LogP contribution in [0.3, 0.4) is 0 Å². The number of hydrogen-bond donors (Lipinski definition) is 2. The smallest absolute Gasteiger partial charge is 0.196 e. The fraction of sp³-hybridized carbons (Fsp3) is 0.222. The molecule has 0 amide bonds. The molecule has 0 aliphatic heterocycles. The Balaban J connectivity index is 2.15. The van der Waals surface area contributed by atoms with Crippen molar-refractivity contribution in [1.82, 2.24) is 0 Å². The van der Waals surface area contributed by atoms with Gasteiger partial charge in [0.25, 0.3) is 0 Å². The molecule has 1 aliphatic carbocycles. The Hall–Kier alpha value is -2.27. The van der Waals surface area contributed by atoms with Gasteiger partial charge in [-0.3, -0.25) is 9.59 Å². The number of carbonyl (C=O) groups excluding carboxylic acids is 2. The van der Waals surface area contributed by atoms with Crippen molar-refractivity contribution in [2.75, 3.05) is 17.2 Å². The van der Waals surface area contributed by atoms with Crippen LogP contribution in [0.2, 0.25) is 0 Å². The molecule has 2 aromatic rings. The van der Waals surface area contributed by atoms with Crippen LogP contribution in [0.15, 0.2) is 35.2 Å². The summed E-state index contributed by atoms with van der Waals surface area (Å²) in [7, 11) is 0. The molecule has 0 heterocycles. The molecule has 4 nitrogen and oxygen atoms in total. The largest absolute Gasteiger partial charge is 0.398 e. The molecule has 0 saturated carbocycles. The van der Waals surface area contributed by atoms with Gasteiger partial charge in [0.1, 0.15) is 0 Å². The second kappa shape index (κ2) is 6.08. The molecule has 2 aromatic carbocycles. The Kier molecular flexibility index (Phi) is 4.13. The lowest BCUT2D eigenvalue weighted by Crippen LogP contribution is -2.24. The second-order valence-electron chi connectivity index (χ2n) is 5.53. The van der Waals surface area contributed by atoms with E-state index < -0.39 is 0 Å². The summed E-state index contributed by atoms with van der Waals surface area (Å²) >= 11 is 1.57. The minimum atomic E-state index is -0.232. The van der Waals surface area contributed by atoms with Crippen LogP contribution >= 0.6 is 11.8 Å². The lowest BCUT2D eigenvalue weighted by Gasteiger charge is -2.22. The maximum Gasteiger partial charge on any atom is 0.196 e. The van der Waals surface area contributed by atoms with Crippen molar-refractivity contribution < 1.29 is 9.59 Å². The maximum atomic E-state index is 12.8. The van der Waals surface area contributed by atoms with E-state index in [1.807, 2.05) is 0 Å². The number of unbranched alkanes of at least 4 members (excludes halogenated alkanes) is 1. The van der Waals surface area contributed by atoms with Gasteiger partial charge in [0.05, 0.1) is 16.8 Å². The van der Waals surface area contributed by atoms with Gasteiger partial charge in [0, 0.05) is 21.7 Å². The first-order chi connectivity index (χ1) is 11.1. The topological polar surface area (TPSA) is 86.2 Å². The fourth-order valence-corrected chi connectivity index (χ4v) is 3.89. The molecular weight excluding hydrogens is 308 g/mol. The average molecular weight is 326 g/mol. The number of ketones is 2. The summed E-state index contributed by atoms with van der Waals surface area (Å²) in [5, 5.41) is 0. The zero-order valence-corrected chi connectivity index (χ0v) is 13.7. The maximum absolute atomic E-state index is 12.8. The number of thioether (sulfide) groups is 1. The Labute approximate surface area is 139 Å². The van der Waals surface area contributed by atoms with Gasteiger partial charge in [-0.25, -0.2) is 0 Å². The molecular formula is C18H18N2O2S. The van der Waals surface area contributed by atoms with E-state index in [1.165, 1.54) is 0 Å². The zero-order chi connectivity index (χ0) is 16.6. The first kappa shape index (κ1) is 15.6. The molecule has 0 bridgehead atoms. The molecule has 0 spiro atoms. The number of hydrogen-bond acceptors (Lipinski definition) is 5. The Morgan fingerprint density at radius 3 is 2.22 bits per heavy atom. The van der Waals surface area contributed by atoms with E-state index in [0.717, 1.165) is 23.5 Å². The molecule has 0 radical (unpaired) electrons. The molecule has 0 unspecified atom stereocenters. The number of benzene rings is 2. The van der Waals surface area contributed by atoms with Crippen molar-refractivity contribution in [2.45, 2.75) is 24.7 Å². The van der Waals surface area contributed by atoms with E-state index >= 15 is 0 Å². The number of nitrogen functional groups attached to an aromatic ring is 2. The minimum absolute atomic E-state index is 0.225. The molecule has 0 saturated heterocycles. The van der Waals surface area contributed by atoms with Crippen LogP contribution < -0.4 is 11.5 Å². The molecule has 0 fully saturated rings. The second-order valence-corrected chi connectivity index (χ2v) is 6.67. The van der Waals surface area contributed by atoms with Crippen LogP contribution in [0.25, 0.3) is 0 Å². The van der Waals surface area contributed by atoms with Gasteiger partial charge in [-0.1, -0.05) is 37.6 Å². The van der Waals surface area contributed by atoms with Gasteiger partial charge in [0.2, 0.25) is 0 Å². The van der Waals surface area contributed by atoms with Crippen LogP contribution in [0.1, 0.15) is 51.6 Å². The Morgan fingerprint density at radius 2 is 1.61 bits per heavy atom. The summed E-state index contributed by atoms with van der Waals surface area (Å²) < 4.78 is 0. The van der Waals surface area contributed by atoms with Crippen LogP contribution in [-0.4, -0.2) is 17.3 Å². The van der Waals surface area contributed by atoms with Crippen molar-refractivity contribution in [1.29, 1.82) is 0 Å². The Morgan fingerprint density at radius 1 is 1.00 bits per heavy atom. The quantitative estimate of drug-likeness (QED) is 0.435. The third-order valence-electron chi connectivity index (χ3n) is 3.99. The first-order valence-electron chi connectivity index (χ1n) is 7.59. The molecule has 118 valence electrons. The summed E-state index contributed by atoms with van der Waals surface area (Å²) in [4.78, 5) is 26.3. The predicted octanol–water partition coefficient (Wildman–Crippen LogP) is 3.52. The van der Waals surface area contributed by atoms with Crippen molar-refractivity contribution in [3.8, 4) is 0 Å². The molecule has 1 aliphatic rings. The number of anilines is 2. The number of rotatable bonds is 4. The first-order valence-corrected chi connectivity index (χ1v) is 8.58. The molecule has 0 atom stereocenters. The highest BCUT2D eigenvalue weighted by atomic mass is 32.2. The van der Waals surface area contributed by atoms with Gasteiger partial charge in [-0.15, -0.1) is 11.8 Å². The molecule has 0 aromatic heterocycles. The van der Waals surface area contributed by atoms with Crippen molar-refractivity contribution in [3.05, 3.63) is 52.6 Å². The van der Waals surface area contributed by atoms with E-state index in [2.05, 4.69) is 6.92 Å². The zero-order valence-electron chi connectivity index (χ0n) is 12.9. The summed E-state index contributed by atoms with van der Waals surface area (Å²) in [6.45, 7) is 2.12. The lowest BCUT2D eigenvalue weighted by molar-refractivity contribution is 0.0980. The highest BCUT2D eigenvalue weighted by Crippen LogP contribution is 2.39. The van der Waals surface area contributed by atoms with E-state index in [9.17, 15) is 9.59 Å². The van der Waals surface area contributed by atoms with E-state index in [-0.39, 0.29) is 22.7 Å². The van der Waals surface area contributed by atoms with E-state index in [1.54, 1.807) is 42.1 Å². The number of fused-ring (bicyclic) bond motifs is 2. The van der Waals surface area contributed by atoms with E-state index in [0.29, 0.717) is 22.5 Å². The fourth-order valence-electron chi connectivity index (χ4n) is 2.77. The van der Waals surface area contributed by atoms with Gasteiger partial charge < -0.3 is 11.5 Å². The van der Waals surface area contributed by atoms with Crippen molar-refractivity contribution in [2.24, 2.45) is 0 Å². The molecule has 23 heavy (non-hydrogen) atoms. The monoisotopic (exact) mass is 326 g/mol. The molecule has 5 heteroatoms. The third kappa shape index (κ3) is 2.51. The van der Waals surface area contributed by atoms with Crippen LogP contribution in [-0.2, 0) is 0 Å². The minimum Gasteiger partial charge on any atom is -0.398 e. The standard InChI is InChI=1S/C18H18N2O2S/c1-2-3-8-23-13-9-12(19)14-15(16(13)20)18(22)11-7-5-4-6-10(11)17(14)21/h4-7,9H,2-3,8,19-20H2,1H3. The predicted molar refractivity (Wildman–Crippen MR) is 94.2 cm³/mol. The van der Waals surface area contributed by atoms with Crippen LogP contribution in [0, 0.1) is 0 Å². The third-order valence-corrected chi connectivity index (χ3v) is 5.13.